The van der Waals surface area contributed by atoms with Gasteiger partial charge in [-0.1, -0.05) is 108 Å². The van der Waals surface area contributed by atoms with Crippen molar-refractivity contribution >= 4 is 21.6 Å². The van der Waals surface area contributed by atoms with Crippen molar-refractivity contribution in [2.75, 3.05) is 0 Å². The first-order chi connectivity index (χ1) is 11.3. The lowest BCUT2D eigenvalue weighted by Gasteiger charge is -2.29. The van der Waals surface area contributed by atoms with Gasteiger partial charge in [-0.05, 0) is 18.8 Å². The van der Waals surface area contributed by atoms with E-state index in [4.69, 9.17) is 0 Å². The third-order valence-corrected chi connectivity index (χ3v) is 8.17. The molecule has 0 aliphatic heterocycles. The van der Waals surface area contributed by atoms with E-state index < -0.39 is 6.43 Å². The first-order valence-electron chi connectivity index (χ1n) is 9.92. The van der Waals surface area contributed by atoms with E-state index in [1.54, 1.807) is 21.6 Å². The van der Waals surface area contributed by atoms with Crippen LogP contribution in [0, 0.1) is 5.92 Å². The lowest BCUT2D eigenvalue weighted by atomic mass is 9.90. The molecular formula is C20H40F2S2. The molecule has 24 heavy (non-hydrogen) atoms. The largest absolute Gasteiger partial charge is 0.239 e. The van der Waals surface area contributed by atoms with E-state index in [0.717, 1.165) is 12.8 Å². The van der Waals surface area contributed by atoms with Crippen molar-refractivity contribution in [1.82, 2.24) is 0 Å². The summed E-state index contributed by atoms with van der Waals surface area (Å²) in [6.45, 7) is 10.9. The zero-order valence-corrected chi connectivity index (χ0v) is 18.2. The van der Waals surface area contributed by atoms with Crippen molar-refractivity contribution in [3.63, 3.8) is 0 Å². The van der Waals surface area contributed by atoms with Gasteiger partial charge in [-0.25, -0.2) is 8.78 Å². The Balaban J connectivity index is 4.66. The molecule has 0 saturated heterocycles. The van der Waals surface area contributed by atoms with Gasteiger partial charge in [0.15, 0.2) is 0 Å². The Bertz CT molecular complexity index is 265. The SMILES string of the molecule is CCCCCCC(CCCCCC)[C@@H](CC(F)F)SSC(C)(C)C. The summed E-state index contributed by atoms with van der Waals surface area (Å²) >= 11 is 0. The monoisotopic (exact) mass is 382 g/mol. The van der Waals surface area contributed by atoms with Crippen molar-refractivity contribution in [1.29, 1.82) is 0 Å². The topological polar surface area (TPSA) is 0 Å². The molecule has 0 spiro atoms. The van der Waals surface area contributed by atoms with Gasteiger partial charge >= 0.3 is 0 Å². The van der Waals surface area contributed by atoms with Crippen LogP contribution < -0.4 is 0 Å². The van der Waals surface area contributed by atoms with Crippen LogP contribution in [0.3, 0.4) is 0 Å². The highest BCUT2D eigenvalue weighted by Gasteiger charge is 2.27. The molecule has 0 aromatic rings. The maximum atomic E-state index is 13.1. The fourth-order valence-corrected chi connectivity index (χ4v) is 5.88. The number of unbranched alkanes of at least 4 members (excludes halogenated alkanes) is 6. The molecule has 0 aliphatic rings. The normalized spacial score (nSPS) is 13.9. The fourth-order valence-electron chi connectivity index (χ4n) is 2.87. The second kappa shape index (κ2) is 14.7. The van der Waals surface area contributed by atoms with Crippen LogP contribution in [0.25, 0.3) is 0 Å². The van der Waals surface area contributed by atoms with Gasteiger partial charge < -0.3 is 0 Å². The van der Waals surface area contributed by atoms with Crippen LogP contribution in [0.15, 0.2) is 0 Å². The summed E-state index contributed by atoms with van der Waals surface area (Å²) in [6, 6.07) is 0. The molecule has 0 aromatic heterocycles. The molecule has 0 amide bonds. The summed E-state index contributed by atoms with van der Waals surface area (Å²) < 4.78 is 26.4. The van der Waals surface area contributed by atoms with Crippen LogP contribution in [0.1, 0.15) is 105 Å². The minimum absolute atomic E-state index is 0.0555. The standard InChI is InChI=1S/C20H40F2S2/c1-6-8-10-12-14-17(15-13-11-9-7-2)18(16-19(21)22)23-24-20(3,4)5/h17-19H,6-16H2,1-5H3/t18-/m1/s1. The van der Waals surface area contributed by atoms with Gasteiger partial charge in [-0.2, -0.15) is 0 Å². The van der Waals surface area contributed by atoms with Gasteiger partial charge in [0.25, 0.3) is 0 Å². The number of rotatable bonds is 15. The zero-order valence-electron chi connectivity index (χ0n) is 16.6. The number of hydrogen-bond donors (Lipinski definition) is 0. The van der Waals surface area contributed by atoms with E-state index in [-0.39, 0.29) is 16.4 Å². The number of alkyl halides is 2. The maximum Gasteiger partial charge on any atom is 0.239 e. The second-order valence-corrected chi connectivity index (χ2v) is 11.2. The minimum atomic E-state index is -2.18. The highest BCUT2D eigenvalue weighted by atomic mass is 33.1. The summed E-state index contributed by atoms with van der Waals surface area (Å²) in [7, 11) is 3.51. The average Bonchev–Trinajstić information content (AvgIpc) is 2.49. The molecule has 0 aliphatic carbocycles. The highest BCUT2D eigenvalue weighted by Crippen LogP contribution is 2.44. The predicted molar refractivity (Wildman–Crippen MR) is 110 cm³/mol. The van der Waals surface area contributed by atoms with Gasteiger partial charge in [0.2, 0.25) is 6.43 Å². The molecular weight excluding hydrogens is 342 g/mol. The van der Waals surface area contributed by atoms with Crippen molar-refractivity contribution < 1.29 is 8.78 Å². The van der Waals surface area contributed by atoms with Gasteiger partial charge in [0, 0.05) is 16.4 Å². The maximum absolute atomic E-state index is 13.1. The van der Waals surface area contributed by atoms with Crippen LogP contribution in [-0.2, 0) is 0 Å². The van der Waals surface area contributed by atoms with Crippen LogP contribution >= 0.6 is 21.6 Å². The van der Waals surface area contributed by atoms with Crippen LogP contribution in [0.4, 0.5) is 8.78 Å². The lowest BCUT2D eigenvalue weighted by molar-refractivity contribution is 0.128. The molecule has 0 saturated carbocycles. The van der Waals surface area contributed by atoms with E-state index >= 15 is 0 Å². The van der Waals surface area contributed by atoms with E-state index in [0.29, 0.717) is 5.92 Å². The van der Waals surface area contributed by atoms with Crippen LogP contribution in [0.2, 0.25) is 0 Å². The molecule has 1 atom stereocenters. The molecule has 4 heteroatoms. The molecule has 0 heterocycles. The van der Waals surface area contributed by atoms with E-state index in [1.165, 1.54) is 51.4 Å². The Morgan fingerprint density at radius 2 is 1.29 bits per heavy atom. The van der Waals surface area contributed by atoms with Crippen molar-refractivity contribution in [3.8, 4) is 0 Å². The van der Waals surface area contributed by atoms with Gasteiger partial charge in [0.1, 0.15) is 0 Å². The zero-order chi connectivity index (χ0) is 18.4. The molecule has 0 N–H and O–H groups in total. The number of halogens is 2. The minimum Gasteiger partial charge on any atom is -0.210 e. The van der Waals surface area contributed by atoms with Crippen molar-refractivity contribution in [3.05, 3.63) is 0 Å². The Hall–Kier alpha value is 0.560. The van der Waals surface area contributed by atoms with Gasteiger partial charge in [-0.3, -0.25) is 0 Å². The smallest absolute Gasteiger partial charge is 0.210 e. The molecule has 0 rings (SSSR count). The Labute approximate surface area is 158 Å². The van der Waals surface area contributed by atoms with Crippen LogP contribution in [-0.4, -0.2) is 16.4 Å². The van der Waals surface area contributed by atoms with Gasteiger partial charge in [0.05, 0.1) is 0 Å². The quantitative estimate of drug-likeness (QED) is 0.205. The van der Waals surface area contributed by atoms with E-state index in [1.807, 2.05) is 0 Å². The molecule has 0 fully saturated rings. The van der Waals surface area contributed by atoms with E-state index in [2.05, 4.69) is 34.6 Å². The summed E-state index contributed by atoms with van der Waals surface area (Å²) in [5.41, 5.74) is 0. The summed E-state index contributed by atoms with van der Waals surface area (Å²) in [5.74, 6) is 0.451. The molecule has 0 unspecified atom stereocenters. The molecule has 0 aromatic carbocycles. The van der Waals surface area contributed by atoms with Gasteiger partial charge in [-0.15, -0.1) is 0 Å². The third-order valence-electron chi connectivity index (χ3n) is 4.21. The predicted octanol–water partition coefficient (Wildman–Crippen LogP) is 8.75. The van der Waals surface area contributed by atoms with Crippen molar-refractivity contribution in [2.45, 2.75) is 122 Å². The Kier molecular flexibility index (Phi) is 15.0. The summed E-state index contributed by atoms with van der Waals surface area (Å²) in [5, 5.41) is 0.0949. The van der Waals surface area contributed by atoms with Crippen molar-refractivity contribution in [2.24, 2.45) is 5.92 Å². The Morgan fingerprint density at radius 1 is 0.792 bits per heavy atom. The average molecular weight is 383 g/mol. The highest BCUT2D eigenvalue weighted by molar-refractivity contribution is 8.77. The lowest BCUT2D eigenvalue weighted by Crippen LogP contribution is -2.21. The molecule has 0 bridgehead atoms. The first kappa shape index (κ1) is 24.6. The molecule has 0 nitrogen and oxygen atoms in total. The Morgan fingerprint density at radius 3 is 1.67 bits per heavy atom. The molecule has 0 radical (unpaired) electrons. The number of hydrogen-bond acceptors (Lipinski definition) is 2. The summed E-state index contributed by atoms with van der Waals surface area (Å²) in [6.07, 6.45) is 10.0. The third kappa shape index (κ3) is 14.9. The second-order valence-electron chi connectivity index (χ2n) is 7.92. The van der Waals surface area contributed by atoms with Crippen LogP contribution in [0.5, 0.6) is 0 Å². The van der Waals surface area contributed by atoms with E-state index in [9.17, 15) is 8.78 Å². The molecule has 146 valence electrons. The first-order valence-corrected chi connectivity index (χ1v) is 12.1. The summed E-state index contributed by atoms with van der Waals surface area (Å²) in [4.78, 5) is 0. The fraction of sp³-hybridized carbons (Fsp3) is 1.00.